The van der Waals surface area contributed by atoms with Crippen molar-refractivity contribution in [2.75, 3.05) is 44.3 Å². The average molecular weight is 482 g/mol. The summed E-state index contributed by atoms with van der Waals surface area (Å²) < 4.78 is 26.3. The molecule has 1 aromatic carbocycles. The van der Waals surface area contributed by atoms with E-state index in [2.05, 4.69) is 25.1 Å². The number of nitrogens with zero attached hydrogens (tertiary/aromatic N) is 3. The summed E-state index contributed by atoms with van der Waals surface area (Å²) in [7, 11) is 0. The van der Waals surface area contributed by atoms with Crippen molar-refractivity contribution in [2.45, 2.75) is 31.2 Å². The molecule has 2 fully saturated rings. The zero-order valence-electron chi connectivity index (χ0n) is 19.5. The number of benzene rings is 1. The van der Waals surface area contributed by atoms with Crippen LogP contribution in [0.4, 0.5) is 14.5 Å². The predicted octanol–water partition coefficient (Wildman–Crippen LogP) is 3.22. The van der Waals surface area contributed by atoms with Crippen molar-refractivity contribution in [3.63, 3.8) is 0 Å². The number of fused-ring (bicyclic) bond motifs is 1. The molecule has 35 heavy (non-hydrogen) atoms. The number of H-pyrrole nitrogens is 1. The second-order valence-electron chi connectivity index (χ2n) is 9.29. The van der Waals surface area contributed by atoms with E-state index in [0.29, 0.717) is 11.4 Å². The quantitative estimate of drug-likeness (QED) is 0.565. The molecule has 0 radical (unpaired) electrons. The third-order valence-electron chi connectivity index (χ3n) is 7.24. The van der Waals surface area contributed by atoms with Crippen LogP contribution < -0.4 is 15.8 Å². The second-order valence-corrected chi connectivity index (χ2v) is 9.29. The van der Waals surface area contributed by atoms with Gasteiger partial charge in [0, 0.05) is 50.4 Å². The number of nitrogens with one attached hydrogen (secondary N) is 2. The maximum atomic E-state index is 14.1. The molecule has 9 heteroatoms. The Hall–Kier alpha value is -3.33. The lowest BCUT2D eigenvalue weighted by atomic mass is 10.00. The number of piperazine rings is 1. The summed E-state index contributed by atoms with van der Waals surface area (Å²) >= 11 is 0. The topological polar surface area (TPSA) is 81.3 Å². The van der Waals surface area contributed by atoms with Gasteiger partial charge in [-0.1, -0.05) is 12.1 Å². The molecule has 3 heterocycles. The summed E-state index contributed by atoms with van der Waals surface area (Å²) in [6.45, 7) is 2.97. The Kier molecular flexibility index (Phi) is 6.77. The van der Waals surface area contributed by atoms with Gasteiger partial charge in [-0.15, -0.1) is 0 Å². The smallest absolute Gasteiger partial charge is 0.269 e. The molecule has 0 unspecified atom stereocenters. The van der Waals surface area contributed by atoms with Crippen LogP contribution in [0.5, 0.6) is 0 Å². The number of aromatic amines is 1. The summed E-state index contributed by atoms with van der Waals surface area (Å²) in [6, 6.07) is 10.7. The van der Waals surface area contributed by atoms with Crippen molar-refractivity contribution in [3.8, 4) is 0 Å². The molecular formula is C26H29F2N5O2. The Bertz CT molecular complexity index is 1250. The van der Waals surface area contributed by atoms with E-state index in [-0.39, 0.29) is 35.0 Å². The van der Waals surface area contributed by atoms with Crippen LogP contribution in [0.15, 0.2) is 47.4 Å². The standard InChI is InChI=1S/C26H29F2N5O2/c27-8-9-29-25(34)22-7-6-20(16-30-22)33-12-10-32(11-13-33)19-5-4-17(14-19)23-15-18-2-1-3-21(28)24(18)26(35)31-23/h1-3,6-7,15-17,19H,4-5,8-14H2,(H,29,34)(H,31,35)/t17-,19+/m1/s1. The minimum atomic E-state index is -0.601. The predicted molar refractivity (Wildman–Crippen MR) is 131 cm³/mol. The monoisotopic (exact) mass is 481 g/mol. The molecule has 5 rings (SSSR count). The number of pyridine rings is 2. The molecule has 2 atom stereocenters. The largest absolute Gasteiger partial charge is 0.368 e. The van der Waals surface area contributed by atoms with Crippen LogP contribution >= 0.6 is 0 Å². The minimum Gasteiger partial charge on any atom is -0.368 e. The highest BCUT2D eigenvalue weighted by molar-refractivity contribution is 5.92. The van der Waals surface area contributed by atoms with E-state index in [9.17, 15) is 18.4 Å². The maximum Gasteiger partial charge on any atom is 0.269 e. The number of carbonyl (C=O) groups excluding carboxylic acids is 1. The van der Waals surface area contributed by atoms with Crippen LogP contribution in [0.1, 0.15) is 41.4 Å². The molecule has 2 N–H and O–H groups in total. The number of carbonyl (C=O) groups is 1. The number of alkyl halides is 1. The summed E-state index contributed by atoms with van der Waals surface area (Å²) in [6.07, 6.45) is 4.74. The lowest BCUT2D eigenvalue weighted by molar-refractivity contribution is 0.0946. The highest BCUT2D eigenvalue weighted by Gasteiger charge is 2.32. The van der Waals surface area contributed by atoms with E-state index in [0.717, 1.165) is 56.8 Å². The van der Waals surface area contributed by atoms with E-state index in [1.807, 2.05) is 12.1 Å². The van der Waals surface area contributed by atoms with E-state index < -0.39 is 12.5 Å². The average Bonchev–Trinajstić information content (AvgIpc) is 3.38. The van der Waals surface area contributed by atoms with Crippen molar-refractivity contribution < 1.29 is 13.6 Å². The molecule has 1 aliphatic carbocycles. The zero-order chi connectivity index (χ0) is 24.4. The summed E-state index contributed by atoms with van der Waals surface area (Å²) in [4.78, 5) is 36.3. The number of amides is 1. The molecule has 3 aromatic rings. The van der Waals surface area contributed by atoms with Crippen molar-refractivity contribution in [1.29, 1.82) is 0 Å². The lowest BCUT2D eigenvalue weighted by Crippen LogP contribution is -2.49. The summed E-state index contributed by atoms with van der Waals surface area (Å²) in [5, 5.41) is 3.26. The van der Waals surface area contributed by atoms with Gasteiger partial charge >= 0.3 is 0 Å². The van der Waals surface area contributed by atoms with E-state index in [1.54, 1.807) is 24.4 Å². The Balaban J connectivity index is 1.18. The van der Waals surface area contributed by atoms with Crippen LogP contribution in [0, 0.1) is 5.82 Å². The fraction of sp³-hybridized carbons (Fsp3) is 0.423. The van der Waals surface area contributed by atoms with Gasteiger partial charge in [0.15, 0.2) is 0 Å². The van der Waals surface area contributed by atoms with Crippen LogP contribution in [0.25, 0.3) is 10.8 Å². The van der Waals surface area contributed by atoms with Crippen molar-refractivity contribution in [2.24, 2.45) is 0 Å². The number of hydrogen-bond donors (Lipinski definition) is 2. The maximum absolute atomic E-state index is 14.1. The van der Waals surface area contributed by atoms with Gasteiger partial charge in [0.25, 0.3) is 11.5 Å². The number of aromatic nitrogens is 2. The third-order valence-corrected chi connectivity index (χ3v) is 7.24. The van der Waals surface area contributed by atoms with Crippen molar-refractivity contribution in [3.05, 3.63) is 70.2 Å². The number of halogens is 2. The Morgan fingerprint density at radius 1 is 1.14 bits per heavy atom. The highest BCUT2D eigenvalue weighted by atomic mass is 19.1. The van der Waals surface area contributed by atoms with Gasteiger partial charge in [0.05, 0.1) is 17.3 Å². The molecule has 0 spiro atoms. The van der Waals surface area contributed by atoms with Gasteiger partial charge < -0.3 is 15.2 Å². The first-order chi connectivity index (χ1) is 17.0. The van der Waals surface area contributed by atoms with Crippen molar-refractivity contribution >= 4 is 22.4 Å². The molecule has 2 aromatic heterocycles. The first kappa shape index (κ1) is 23.4. The Morgan fingerprint density at radius 3 is 2.71 bits per heavy atom. The van der Waals surface area contributed by atoms with Gasteiger partial charge in [-0.05, 0) is 48.9 Å². The molecule has 1 saturated heterocycles. The Morgan fingerprint density at radius 2 is 1.97 bits per heavy atom. The molecule has 1 amide bonds. The van der Waals surface area contributed by atoms with Crippen LogP contribution in [0.2, 0.25) is 0 Å². The first-order valence-corrected chi connectivity index (χ1v) is 12.1. The molecule has 184 valence electrons. The SMILES string of the molecule is O=C(NCCF)c1ccc(N2CCN([C@H]3CC[C@@H](c4cc5cccc(F)c5c(=O)[nH]4)C3)CC2)cn1. The van der Waals surface area contributed by atoms with Gasteiger partial charge in [0.2, 0.25) is 0 Å². The van der Waals surface area contributed by atoms with Crippen LogP contribution in [0.3, 0.4) is 0 Å². The van der Waals surface area contributed by atoms with Crippen LogP contribution in [-0.4, -0.2) is 66.2 Å². The van der Waals surface area contributed by atoms with Crippen molar-refractivity contribution in [1.82, 2.24) is 20.2 Å². The molecular weight excluding hydrogens is 452 g/mol. The molecule has 0 bridgehead atoms. The zero-order valence-corrected chi connectivity index (χ0v) is 19.5. The number of anilines is 1. The molecule has 2 aliphatic rings. The number of hydrogen-bond acceptors (Lipinski definition) is 5. The number of rotatable bonds is 6. The minimum absolute atomic E-state index is 0.0122. The van der Waals surface area contributed by atoms with E-state index in [1.165, 1.54) is 6.07 Å². The molecule has 7 nitrogen and oxygen atoms in total. The van der Waals surface area contributed by atoms with E-state index in [4.69, 9.17) is 0 Å². The van der Waals surface area contributed by atoms with E-state index >= 15 is 0 Å². The summed E-state index contributed by atoms with van der Waals surface area (Å²) in [5.41, 5.74) is 1.80. The fourth-order valence-electron chi connectivity index (χ4n) is 5.39. The normalized spacial score (nSPS) is 20.9. The molecule has 1 aliphatic heterocycles. The van der Waals surface area contributed by atoms with Gasteiger partial charge in [-0.3, -0.25) is 14.5 Å². The molecule has 1 saturated carbocycles. The van der Waals surface area contributed by atoms with Crippen LogP contribution in [-0.2, 0) is 0 Å². The lowest BCUT2D eigenvalue weighted by Gasteiger charge is -2.39. The fourth-order valence-corrected chi connectivity index (χ4v) is 5.39. The van der Waals surface area contributed by atoms with Gasteiger partial charge in [-0.25, -0.2) is 13.8 Å². The third kappa shape index (κ3) is 4.91. The Labute approximate surface area is 202 Å². The first-order valence-electron chi connectivity index (χ1n) is 12.1. The second kappa shape index (κ2) is 10.1. The van der Waals surface area contributed by atoms with Gasteiger partial charge in [-0.2, -0.15) is 0 Å². The van der Waals surface area contributed by atoms with Gasteiger partial charge in [0.1, 0.15) is 18.2 Å². The summed E-state index contributed by atoms with van der Waals surface area (Å²) in [5.74, 6) is -0.589. The highest BCUT2D eigenvalue weighted by Crippen LogP contribution is 2.37.